The van der Waals surface area contributed by atoms with Crippen LogP contribution in [0.25, 0.3) is 11.3 Å². The molecule has 0 aliphatic heterocycles. The van der Waals surface area contributed by atoms with E-state index in [0.29, 0.717) is 40.1 Å². The highest BCUT2D eigenvalue weighted by molar-refractivity contribution is 7.16. The van der Waals surface area contributed by atoms with Crippen molar-refractivity contribution in [3.8, 4) is 11.3 Å². The fourth-order valence-electron chi connectivity index (χ4n) is 3.22. The Morgan fingerprint density at radius 3 is 2.78 bits per heavy atom. The van der Waals surface area contributed by atoms with Crippen LogP contribution < -0.4 is 16.6 Å². The van der Waals surface area contributed by atoms with Gasteiger partial charge in [-0.25, -0.2) is 0 Å². The molecule has 0 spiro atoms. The van der Waals surface area contributed by atoms with Gasteiger partial charge in [0.2, 0.25) is 0 Å². The zero-order chi connectivity index (χ0) is 22.9. The van der Waals surface area contributed by atoms with Gasteiger partial charge >= 0.3 is 0 Å². The normalized spacial score (nSPS) is 11.6. The van der Waals surface area contributed by atoms with Crippen molar-refractivity contribution in [2.24, 2.45) is 5.73 Å². The largest absolute Gasteiger partial charge is 0.472 e. The molecule has 0 saturated heterocycles. The highest BCUT2D eigenvalue weighted by Gasteiger charge is 2.21. The molecule has 4 aromatic rings. The fraction of sp³-hybridized carbons (Fsp3) is 0.227. The van der Waals surface area contributed by atoms with Crippen molar-refractivity contribution in [3.63, 3.8) is 0 Å². The van der Waals surface area contributed by atoms with E-state index in [-0.39, 0.29) is 11.5 Å². The monoisotopic (exact) mass is 471 g/mol. The lowest BCUT2D eigenvalue weighted by molar-refractivity contribution is 0.0947. The molecule has 0 bridgehead atoms. The Kier molecular flexibility index (Phi) is 6.05. The Labute approximate surface area is 193 Å². The predicted octanol–water partition coefficient (Wildman–Crippen LogP) is 4.06. The number of furan rings is 1. The molecule has 0 aliphatic carbocycles. The van der Waals surface area contributed by atoms with Crippen molar-refractivity contribution in [2.75, 3.05) is 5.32 Å². The van der Waals surface area contributed by atoms with Gasteiger partial charge < -0.3 is 20.0 Å². The Balaban J connectivity index is 1.73. The lowest BCUT2D eigenvalue weighted by Gasteiger charge is -2.20. The minimum atomic E-state index is -0.562. The summed E-state index contributed by atoms with van der Waals surface area (Å²) in [5.41, 5.74) is 6.39. The molecule has 8 nitrogen and oxygen atoms in total. The lowest BCUT2D eigenvalue weighted by Crippen LogP contribution is -2.40. The van der Waals surface area contributed by atoms with E-state index >= 15 is 0 Å². The zero-order valence-electron chi connectivity index (χ0n) is 17.5. The summed E-state index contributed by atoms with van der Waals surface area (Å²) in [5, 5.41) is 7.67. The van der Waals surface area contributed by atoms with Crippen LogP contribution in [0.5, 0.6) is 0 Å². The van der Waals surface area contributed by atoms with Crippen LogP contribution >= 0.6 is 22.9 Å². The molecule has 0 saturated carbocycles. The minimum absolute atomic E-state index is 0.233. The van der Waals surface area contributed by atoms with Gasteiger partial charge in [0.05, 0.1) is 28.3 Å². The van der Waals surface area contributed by atoms with Crippen LogP contribution in [0.2, 0.25) is 4.34 Å². The Morgan fingerprint density at radius 1 is 1.31 bits per heavy atom. The third kappa shape index (κ3) is 4.85. The lowest BCUT2D eigenvalue weighted by atomic mass is 10.1. The highest BCUT2D eigenvalue weighted by atomic mass is 35.5. The molecule has 4 rings (SSSR count). The number of nitrogens with two attached hydrogens (primary N) is 1. The van der Waals surface area contributed by atoms with Gasteiger partial charge in [0.15, 0.2) is 0 Å². The molecule has 10 heteroatoms. The average Bonchev–Trinajstić information content (AvgIpc) is 3.47. The number of carbonyl (C=O) groups excluding carboxylic acids is 1. The molecule has 0 unspecified atom stereocenters. The second-order valence-corrected chi connectivity index (χ2v) is 9.85. The standard InChI is InChI=1S/C22H22ClN5O3S/c1-22(2,24)13-27-8-3-4-16(21(27)30)17-10-19(25-11-15-5-6-18(23)32-15)28(26-17)20(29)14-7-9-31-12-14/h3-10,12,25H,11,13,24H2,1-2H3. The second kappa shape index (κ2) is 8.78. The summed E-state index contributed by atoms with van der Waals surface area (Å²) in [5.74, 6) is 0.0701. The van der Waals surface area contributed by atoms with Crippen LogP contribution in [0.1, 0.15) is 29.1 Å². The van der Waals surface area contributed by atoms with Crippen molar-refractivity contribution >= 4 is 34.7 Å². The van der Waals surface area contributed by atoms with Gasteiger partial charge in [-0.3, -0.25) is 9.59 Å². The van der Waals surface area contributed by atoms with E-state index < -0.39 is 5.54 Å². The molecule has 0 aliphatic rings. The van der Waals surface area contributed by atoms with Gasteiger partial charge in [0.25, 0.3) is 11.5 Å². The van der Waals surface area contributed by atoms with Crippen molar-refractivity contribution in [1.29, 1.82) is 0 Å². The van der Waals surface area contributed by atoms with E-state index in [1.54, 1.807) is 35.0 Å². The molecule has 32 heavy (non-hydrogen) atoms. The molecule has 3 N–H and O–H groups in total. The van der Waals surface area contributed by atoms with Crippen LogP contribution in [0, 0.1) is 0 Å². The van der Waals surface area contributed by atoms with Gasteiger partial charge in [0, 0.05) is 29.2 Å². The number of carbonyl (C=O) groups is 1. The SMILES string of the molecule is CC(C)(N)Cn1cccc(-c2cc(NCc3ccc(Cl)s3)n(C(=O)c3ccoc3)n2)c1=O. The number of anilines is 1. The van der Waals surface area contributed by atoms with E-state index in [1.165, 1.54) is 28.5 Å². The van der Waals surface area contributed by atoms with Crippen LogP contribution in [0.15, 0.2) is 64.3 Å². The number of hydrogen-bond acceptors (Lipinski definition) is 7. The van der Waals surface area contributed by atoms with Crippen molar-refractivity contribution in [1.82, 2.24) is 14.3 Å². The molecule has 0 atom stereocenters. The zero-order valence-corrected chi connectivity index (χ0v) is 19.1. The maximum absolute atomic E-state index is 13.1. The van der Waals surface area contributed by atoms with Crippen molar-refractivity contribution < 1.29 is 9.21 Å². The van der Waals surface area contributed by atoms with Gasteiger partial charge in [0.1, 0.15) is 17.8 Å². The van der Waals surface area contributed by atoms with E-state index in [1.807, 2.05) is 26.0 Å². The van der Waals surface area contributed by atoms with Crippen LogP contribution in [0.3, 0.4) is 0 Å². The number of nitrogens with zero attached hydrogens (tertiary/aromatic N) is 3. The van der Waals surface area contributed by atoms with Crippen molar-refractivity contribution in [2.45, 2.75) is 32.5 Å². The first-order valence-corrected chi connectivity index (χ1v) is 11.0. The van der Waals surface area contributed by atoms with Crippen LogP contribution in [-0.2, 0) is 13.1 Å². The van der Waals surface area contributed by atoms with Crippen molar-refractivity contribution in [3.05, 3.63) is 80.3 Å². The van der Waals surface area contributed by atoms with E-state index in [0.717, 1.165) is 4.88 Å². The Morgan fingerprint density at radius 2 is 2.12 bits per heavy atom. The minimum Gasteiger partial charge on any atom is -0.472 e. The van der Waals surface area contributed by atoms with E-state index in [2.05, 4.69) is 10.4 Å². The first kappa shape index (κ1) is 22.1. The highest BCUT2D eigenvalue weighted by Crippen LogP contribution is 2.25. The molecular weight excluding hydrogens is 450 g/mol. The van der Waals surface area contributed by atoms with Gasteiger partial charge in [-0.1, -0.05) is 11.6 Å². The van der Waals surface area contributed by atoms with E-state index in [9.17, 15) is 9.59 Å². The molecule has 4 aromatic heterocycles. The summed E-state index contributed by atoms with van der Waals surface area (Å²) >= 11 is 7.46. The topological polar surface area (TPSA) is 108 Å². The molecule has 0 radical (unpaired) electrons. The molecule has 4 heterocycles. The predicted molar refractivity (Wildman–Crippen MR) is 125 cm³/mol. The third-order valence-corrected chi connectivity index (χ3v) is 5.85. The summed E-state index contributed by atoms with van der Waals surface area (Å²) < 4.78 is 8.50. The summed E-state index contributed by atoms with van der Waals surface area (Å²) in [6.45, 7) is 4.49. The van der Waals surface area contributed by atoms with Gasteiger partial charge in [-0.15, -0.1) is 11.3 Å². The number of hydrogen-bond donors (Lipinski definition) is 2. The Bertz CT molecular complexity index is 1300. The second-order valence-electron chi connectivity index (χ2n) is 8.05. The first-order valence-electron chi connectivity index (χ1n) is 9.85. The molecular formula is C22H22ClN5O3S. The molecule has 0 amide bonds. The number of aromatic nitrogens is 3. The van der Waals surface area contributed by atoms with Crippen LogP contribution in [-0.4, -0.2) is 25.8 Å². The smallest absolute Gasteiger partial charge is 0.283 e. The molecule has 0 aromatic carbocycles. The van der Waals surface area contributed by atoms with Gasteiger partial charge in [-0.2, -0.15) is 9.78 Å². The summed E-state index contributed by atoms with van der Waals surface area (Å²) in [4.78, 5) is 27.1. The Hall–Kier alpha value is -3.14. The number of pyridine rings is 1. The van der Waals surface area contributed by atoms with Crippen LogP contribution in [0.4, 0.5) is 5.82 Å². The first-order chi connectivity index (χ1) is 15.2. The summed E-state index contributed by atoms with van der Waals surface area (Å²) in [6, 6.07) is 10.4. The number of thiophene rings is 1. The number of halogens is 1. The van der Waals surface area contributed by atoms with Gasteiger partial charge in [-0.05, 0) is 44.2 Å². The maximum Gasteiger partial charge on any atom is 0.283 e. The molecule has 166 valence electrons. The van der Waals surface area contributed by atoms with E-state index in [4.69, 9.17) is 21.8 Å². The average molecular weight is 472 g/mol. The third-order valence-electron chi connectivity index (χ3n) is 4.62. The maximum atomic E-state index is 13.1. The summed E-state index contributed by atoms with van der Waals surface area (Å²) in [7, 11) is 0. The summed E-state index contributed by atoms with van der Waals surface area (Å²) in [6.07, 6.45) is 4.46. The quantitative estimate of drug-likeness (QED) is 0.421. The molecule has 0 fully saturated rings. The number of nitrogens with one attached hydrogen (secondary N) is 1. The number of rotatable bonds is 7. The fourth-order valence-corrected chi connectivity index (χ4v) is 4.25.